The first-order chi connectivity index (χ1) is 11.6. The zero-order chi connectivity index (χ0) is 17.8. The van der Waals surface area contributed by atoms with Crippen LogP contribution in [0.5, 0.6) is 0 Å². The zero-order valence-electron chi connectivity index (χ0n) is 16.1. The summed E-state index contributed by atoms with van der Waals surface area (Å²) >= 11 is 0. The van der Waals surface area contributed by atoms with Crippen LogP contribution in [0.1, 0.15) is 47.0 Å². The molecule has 0 spiro atoms. The van der Waals surface area contributed by atoms with E-state index in [1.54, 1.807) is 0 Å². The first-order valence-electron chi connectivity index (χ1n) is 9.58. The van der Waals surface area contributed by atoms with E-state index in [9.17, 15) is 5.11 Å². The van der Waals surface area contributed by atoms with E-state index in [4.69, 9.17) is 9.73 Å². The van der Waals surface area contributed by atoms with Crippen LogP contribution in [0, 0.1) is 5.92 Å². The highest BCUT2D eigenvalue weighted by atomic mass is 16.5. The molecule has 1 aliphatic rings. The van der Waals surface area contributed by atoms with Crippen LogP contribution in [-0.4, -0.2) is 74.0 Å². The lowest BCUT2D eigenvalue weighted by Crippen LogP contribution is -2.53. The average Bonchev–Trinajstić information content (AvgIpc) is 2.57. The molecule has 0 saturated carbocycles. The summed E-state index contributed by atoms with van der Waals surface area (Å²) < 4.78 is 5.52. The van der Waals surface area contributed by atoms with Crippen molar-refractivity contribution >= 4 is 5.96 Å². The summed E-state index contributed by atoms with van der Waals surface area (Å²) in [6, 6.07) is 0.908. The first kappa shape index (κ1) is 21.2. The van der Waals surface area contributed by atoms with Crippen molar-refractivity contribution in [3.63, 3.8) is 0 Å². The number of guanidine groups is 1. The molecular formula is C18H38N4O2. The quantitative estimate of drug-likeness (QED) is 0.414. The van der Waals surface area contributed by atoms with Gasteiger partial charge in [-0.05, 0) is 39.5 Å². The van der Waals surface area contributed by atoms with Crippen LogP contribution in [0.15, 0.2) is 4.99 Å². The molecule has 0 bridgehead atoms. The SMILES string of the molecule is CCCC(CCO)CN=C(NCC)NCC(C)N1CCOCC1C. The van der Waals surface area contributed by atoms with Crippen LogP contribution in [0.3, 0.4) is 0 Å². The molecule has 6 heteroatoms. The Morgan fingerprint density at radius 2 is 2.12 bits per heavy atom. The second-order valence-electron chi connectivity index (χ2n) is 6.78. The molecular weight excluding hydrogens is 304 g/mol. The second kappa shape index (κ2) is 12.5. The number of ether oxygens (including phenoxy) is 1. The molecule has 6 nitrogen and oxygen atoms in total. The number of hydrogen-bond acceptors (Lipinski definition) is 4. The molecule has 0 radical (unpaired) electrons. The van der Waals surface area contributed by atoms with Crippen LogP contribution >= 0.6 is 0 Å². The smallest absolute Gasteiger partial charge is 0.191 e. The van der Waals surface area contributed by atoms with Gasteiger partial charge in [0.25, 0.3) is 0 Å². The van der Waals surface area contributed by atoms with E-state index in [0.717, 1.165) is 64.6 Å². The Hall–Kier alpha value is -0.850. The average molecular weight is 343 g/mol. The Bertz CT molecular complexity index is 346. The molecule has 1 heterocycles. The molecule has 0 aromatic heterocycles. The Morgan fingerprint density at radius 1 is 1.33 bits per heavy atom. The van der Waals surface area contributed by atoms with Crippen molar-refractivity contribution in [3.05, 3.63) is 0 Å². The topological polar surface area (TPSA) is 69.1 Å². The fourth-order valence-electron chi connectivity index (χ4n) is 3.24. The number of aliphatic hydroxyl groups is 1. The Labute approximate surface area is 148 Å². The third kappa shape index (κ3) is 7.81. The molecule has 1 aliphatic heterocycles. The molecule has 0 aromatic rings. The van der Waals surface area contributed by atoms with Gasteiger partial charge in [0.1, 0.15) is 0 Å². The number of hydrogen-bond donors (Lipinski definition) is 3. The molecule has 3 atom stereocenters. The maximum absolute atomic E-state index is 9.18. The number of aliphatic hydroxyl groups excluding tert-OH is 1. The lowest BCUT2D eigenvalue weighted by Gasteiger charge is -2.38. The fraction of sp³-hybridized carbons (Fsp3) is 0.944. The standard InChI is InChI=1S/C18H38N4O2/c1-5-7-17(8-10-23)13-21-18(19-6-2)20-12-15(3)22-9-11-24-14-16(22)4/h15-17,23H,5-14H2,1-4H3,(H2,19,20,21). The Kier molecular flexibility index (Phi) is 11.0. The van der Waals surface area contributed by atoms with Crippen molar-refractivity contribution in [2.75, 3.05) is 46.0 Å². The van der Waals surface area contributed by atoms with Crippen LogP contribution in [-0.2, 0) is 4.74 Å². The molecule has 142 valence electrons. The summed E-state index contributed by atoms with van der Waals surface area (Å²) in [4.78, 5) is 7.22. The van der Waals surface area contributed by atoms with E-state index in [1.807, 2.05) is 0 Å². The molecule has 24 heavy (non-hydrogen) atoms. The molecule has 3 unspecified atom stereocenters. The maximum atomic E-state index is 9.18. The largest absolute Gasteiger partial charge is 0.396 e. The van der Waals surface area contributed by atoms with E-state index in [-0.39, 0.29) is 6.61 Å². The summed E-state index contributed by atoms with van der Waals surface area (Å²) in [6.07, 6.45) is 3.08. The van der Waals surface area contributed by atoms with Crippen molar-refractivity contribution in [1.82, 2.24) is 15.5 Å². The molecule has 0 aliphatic carbocycles. The van der Waals surface area contributed by atoms with Crippen molar-refractivity contribution in [1.29, 1.82) is 0 Å². The molecule has 1 fully saturated rings. The normalized spacial score (nSPS) is 22.2. The third-order valence-electron chi connectivity index (χ3n) is 4.64. The van der Waals surface area contributed by atoms with Gasteiger partial charge in [0.2, 0.25) is 0 Å². The van der Waals surface area contributed by atoms with Crippen molar-refractivity contribution in [2.24, 2.45) is 10.9 Å². The highest BCUT2D eigenvalue weighted by Crippen LogP contribution is 2.11. The van der Waals surface area contributed by atoms with Crippen LogP contribution < -0.4 is 10.6 Å². The Morgan fingerprint density at radius 3 is 2.75 bits per heavy atom. The zero-order valence-corrected chi connectivity index (χ0v) is 16.1. The van der Waals surface area contributed by atoms with Crippen molar-refractivity contribution < 1.29 is 9.84 Å². The van der Waals surface area contributed by atoms with Crippen LogP contribution in [0.2, 0.25) is 0 Å². The second-order valence-corrected chi connectivity index (χ2v) is 6.78. The molecule has 1 rings (SSSR count). The molecule has 3 N–H and O–H groups in total. The monoisotopic (exact) mass is 342 g/mol. The van der Waals surface area contributed by atoms with Crippen molar-refractivity contribution in [3.8, 4) is 0 Å². The molecule has 0 aromatic carbocycles. The van der Waals surface area contributed by atoms with Gasteiger partial charge in [-0.2, -0.15) is 0 Å². The summed E-state index contributed by atoms with van der Waals surface area (Å²) in [6.45, 7) is 14.1. The van der Waals surface area contributed by atoms with Crippen molar-refractivity contribution in [2.45, 2.75) is 59.0 Å². The van der Waals surface area contributed by atoms with Crippen LogP contribution in [0.4, 0.5) is 0 Å². The summed E-state index contributed by atoms with van der Waals surface area (Å²) in [5, 5.41) is 16.0. The minimum Gasteiger partial charge on any atom is -0.396 e. The predicted molar refractivity (Wildman–Crippen MR) is 101 cm³/mol. The summed E-state index contributed by atoms with van der Waals surface area (Å²) in [5.74, 6) is 1.34. The predicted octanol–water partition coefficient (Wildman–Crippen LogP) is 1.45. The van der Waals surface area contributed by atoms with E-state index in [0.29, 0.717) is 18.0 Å². The summed E-state index contributed by atoms with van der Waals surface area (Å²) in [7, 11) is 0. The van der Waals surface area contributed by atoms with Crippen LogP contribution in [0.25, 0.3) is 0 Å². The lowest BCUT2D eigenvalue weighted by atomic mass is 10.0. The lowest BCUT2D eigenvalue weighted by molar-refractivity contribution is -0.0174. The third-order valence-corrected chi connectivity index (χ3v) is 4.64. The van der Waals surface area contributed by atoms with Gasteiger partial charge in [-0.1, -0.05) is 13.3 Å². The van der Waals surface area contributed by atoms with E-state index < -0.39 is 0 Å². The van der Waals surface area contributed by atoms with E-state index in [1.165, 1.54) is 0 Å². The highest BCUT2D eigenvalue weighted by molar-refractivity contribution is 5.79. The van der Waals surface area contributed by atoms with E-state index >= 15 is 0 Å². The molecule has 0 amide bonds. The molecule has 1 saturated heterocycles. The van der Waals surface area contributed by atoms with Gasteiger partial charge < -0.3 is 20.5 Å². The van der Waals surface area contributed by atoms with Gasteiger partial charge in [-0.25, -0.2) is 0 Å². The first-order valence-corrected chi connectivity index (χ1v) is 9.58. The van der Waals surface area contributed by atoms with E-state index in [2.05, 4.69) is 43.2 Å². The number of rotatable bonds is 10. The maximum Gasteiger partial charge on any atom is 0.191 e. The fourth-order valence-corrected chi connectivity index (χ4v) is 3.24. The van der Waals surface area contributed by atoms with Gasteiger partial charge in [0, 0.05) is 44.9 Å². The van der Waals surface area contributed by atoms with Gasteiger partial charge in [0.05, 0.1) is 13.2 Å². The summed E-state index contributed by atoms with van der Waals surface area (Å²) in [5.41, 5.74) is 0. The van der Waals surface area contributed by atoms with Gasteiger partial charge in [-0.15, -0.1) is 0 Å². The number of nitrogens with zero attached hydrogens (tertiary/aromatic N) is 2. The number of nitrogens with one attached hydrogen (secondary N) is 2. The Balaban J connectivity index is 2.49. The number of morpholine rings is 1. The van der Waals surface area contributed by atoms with Gasteiger partial charge >= 0.3 is 0 Å². The van der Waals surface area contributed by atoms with Gasteiger partial charge in [-0.3, -0.25) is 9.89 Å². The minimum atomic E-state index is 0.246. The highest BCUT2D eigenvalue weighted by Gasteiger charge is 2.23. The van der Waals surface area contributed by atoms with Gasteiger partial charge in [0.15, 0.2) is 5.96 Å². The number of aliphatic imine (C=N–C) groups is 1. The minimum absolute atomic E-state index is 0.246.